The first-order chi connectivity index (χ1) is 12.9. The summed E-state index contributed by atoms with van der Waals surface area (Å²) in [6.07, 6.45) is 7.70. The maximum atomic E-state index is 13.2. The van der Waals surface area contributed by atoms with Gasteiger partial charge in [0.2, 0.25) is 15.9 Å². The number of carbonyl (C=O) groups excluding carboxylic acids is 1. The van der Waals surface area contributed by atoms with E-state index < -0.39 is 10.0 Å². The van der Waals surface area contributed by atoms with Gasteiger partial charge in [-0.25, -0.2) is 13.4 Å². The molecular weight excluding hydrogens is 382 g/mol. The van der Waals surface area contributed by atoms with E-state index in [-0.39, 0.29) is 17.1 Å². The number of anilines is 1. The zero-order valence-corrected chi connectivity index (χ0v) is 17.4. The Bertz CT molecular complexity index is 841. The van der Waals surface area contributed by atoms with Gasteiger partial charge in [-0.15, -0.1) is 11.3 Å². The van der Waals surface area contributed by atoms with Gasteiger partial charge in [0.25, 0.3) is 0 Å². The highest BCUT2D eigenvalue weighted by Crippen LogP contribution is 2.60. The lowest BCUT2D eigenvalue weighted by Crippen LogP contribution is -2.51. The average molecular weight is 410 g/mol. The van der Waals surface area contributed by atoms with Gasteiger partial charge in [0.15, 0.2) is 5.13 Å². The highest BCUT2D eigenvalue weighted by Gasteiger charge is 2.54. The van der Waals surface area contributed by atoms with Gasteiger partial charge in [0.05, 0.1) is 16.9 Å². The summed E-state index contributed by atoms with van der Waals surface area (Å²) in [5, 5.41) is 3.77. The molecule has 1 N–H and O–H groups in total. The van der Waals surface area contributed by atoms with Crippen molar-refractivity contribution in [2.45, 2.75) is 58.4 Å². The van der Waals surface area contributed by atoms with Crippen molar-refractivity contribution in [1.82, 2.24) is 9.29 Å². The van der Waals surface area contributed by atoms with Gasteiger partial charge in [-0.05, 0) is 63.2 Å². The number of sulfonamides is 1. The van der Waals surface area contributed by atoms with Crippen LogP contribution in [0, 0.1) is 23.2 Å². The average Bonchev–Trinajstić information content (AvgIpc) is 3.02. The normalized spacial score (nSPS) is 35.2. The van der Waals surface area contributed by atoms with E-state index >= 15 is 0 Å². The standard InChI is InChI=1S/C19H27N3O3S2/c1-2-27(24,25)22-4-3-15-16(11-22)26-18(20-15)21-17(23)19-8-12-5-13(9-19)7-14(6-12)10-19/h12-14H,2-11H2,1H3,(H,20,21,23). The maximum absolute atomic E-state index is 13.2. The molecule has 5 aliphatic rings. The molecule has 0 radical (unpaired) electrons. The van der Waals surface area contributed by atoms with Crippen molar-refractivity contribution < 1.29 is 13.2 Å². The second-order valence-electron chi connectivity index (χ2n) is 9.03. The summed E-state index contributed by atoms with van der Waals surface area (Å²) in [6, 6.07) is 0. The van der Waals surface area contributed by atoms with E-state index in [1.54, 1.807) is 6.92 Å². The van der Waals surface area contributed by atoms with Crippen LogP contribution >= 0.6 is 11.3 Å². The summed E-state index contributed by atoms with van der Waals surface area (Å²) >= 11 is 1.45. The molecule has 1 amide bonds. The molecule has 1 aromatic rings. The fraction of sp³-hybridized carbons (Fsp3) is 0.789. The van der Waals surface area contributed by atoms with Crippen LogP contribution in [0.1, 0.15) is 56.0 Å². The third-order valence-electron chi connectivity index (χ3n) is 7.19. The van der Waals surface area contributed by atoms with E-state index in [0.717, 1.165) is 47.6 Å². The minimum atomic E-state index is -3.18. The van der Waals surface area contributed by atoms with E-state index in [9.17, 15) is 13.2 Å². The number of hydrogen-bond acceptors (Lipinski definition) is 5. The molecule has 0 spiro atoms. The molecule has 1 aromatic heterocycles. The zero-order valence-electron chi connectivity index (χ0n) is 15.7. The van der Waals surface area contributed by atoms with Gasteiger partial charge in [-0.2, -0.15) is 4.31 Å². The van der Waals surface area contributed by atoms with E-state index in [1.807, 2.05) is 0 Å². The number of nitrogens with one attached hydrogen (secondary N) is 1. The number of amides is 1. The smallest absolute Gasteiger partial charge is 0.232 e. The number of nitrogens with zero attached hydrogens (tertiary/aromatic N) is 2. The summed E-state index contributed by atoms with van der Waals surface area (Å²) in [7, 11) is -3.18. The highest BCUT2D eigenvalue weighted by molar-refractivity contribution is 7.89. The molecule has 0 saturated heterocycles. The van der Waals surface area contributed by atoms with Crippen molar-refractivity contribution in [3.05, 3.63) is 10.6 Å². The van der Waals surface area contributed by atoms with Crippen LogP contribution in [0.4, 0.5) is 5.13 Å². The quantitative estimate of drug-likeness (QED) is 0.829. The van der Waals surface area contributed by atoms with Crippen LogP contribution in [0.25, 0.3) is 0 Å². The number of fused-ring (bicyclic) bond motifs is 1. The Labute approximate surface area is 164 Å². The Hall–Kier alpha value is -0.990. The number of aromatic nitrogens is 1. The van der Waals surface area contributed by atoms with E-state index in [1.165, 1.54) is 34.9 Å². The van der Waals surface area contributed by atoms with Crippen molar-refractivity contribution in [2.24, 2.45) is 23.2 Å². The van der Waals surface area contributed by atoms with Crippen LogP contribution in [-0.2, 0) is 27.8 Å². The SMILES string of the molecule is CCS(=O)(=O)N1CCc2nc(NC(=O)C34CC5CC(CC(C5)C3)C4)sc2C1. The number of thiazole rings is 1. The van der Waals surface area contributed by atoms with Gasteiger partial charge in [0.1, 0.15) is 0 Å². The summed E-state index contributed by atoms with van der Waals surface area (Å²) in [4.78, 5) is 18.8. The maximum Gasteiger partial charge on any atom is 0.232 e. The zero-order chi connectivity index (χ0) is 18.8. The van der Waals surface area contributed by atoms with Gasteiger partial charge < -0.3 is 5.32 Å². The molecule has 0 unspecified atom stereocenters. The van der Waals surface area contributed by atoms with Crippen molar-refractivity contribution >= 4 is 32.4 Å². The molecule has 148 valence electrons. The van der Waals surface area contributed by atoms with E-state index in [4.69, 9.17) is 0 Å². The minimum Gasteiger partial charge on any atom is -0.301 e. The predicted octanol–water partition coefficient (Wildman–Crippen LogP) is 3.01. The number of carbonyl (C=O) groups is 1. The third-order valence-corrected chi connectivity index (χ3v) is 10.0. The lowest BCUT2D eigenvalue weighted by Gasteiger charge is -2.55. The van der Waals surface area contributed by atoms with Crippen LogP contribution in [0.15, 0.2) is 0 Å². The summed E-state index contributed by atoms with van der Waals surface area (Å²) in [5.41, 5.74) is 0.766. The molecule has 4 bridgehead atoms. The van der Waals surface area contributed by atoms with Crippen LogP contribution in [0.5, 0.6) is 0 Å². The molecule has 0 atom stereocenters. The summed E-state index contributed by atoms with van der Waals surface area (Å²) in [5.74, 6) is 2.49. The molecule has 4 saturated carbocycles. The fourth-order valence-corrected chi connectivity index (χ4v) is 8.42. The summed E-state index contributed by atoms with van der Waals surface area (Å²) in [6.45, 7) is 2.54. The topological polar surface area (TPSA) is 79.4 Å². The van der Waals surface area contributed by atoms with Crippen molar-refractivity contribution in [1.29, 1.82) is 0 Å². The Morgan fingerprint density at radius 3 is 2.44 bits per heavy atom. The Morgan fingerprint density at radius 2 is 1.85 bits per heavy atom. The van der Waals surface area contributed by atoms with E-state index in [2.05, 4.69) is 10.3 Å². The molecule has 4 aliphatic carbocycles. The second kappa shape index (κ2) is 6.26. The van der Waals surface area contributed by atoms with Crippen LogP contribution in [0.3, 0.4) is 0 Å². The van der Waals surface area contributed by atoms with E-state index in [0.29, 0.717) is 24.6 Å². The Balaban J connectivity index is 1.32. The highest BCUT2D eigenvalue weighted by atomic mass is 32.2. The molecular formula is C19H27N3O3S2. The Kier molecular flexibility index (Phi) is 4.19. The Morgan fingerprint density at radius 1 is 1.22 bits per heavy atom. The molecule has 6 rings (SSSR count). The third kappa shape index (κ3) is 3.04. The van der Waals surface area contributed by atoms with Crippen molar-refractivity contribution in [3.63, 3.8) is 0 Å². The second-order valence-corrected chi connectivity index (χ2v) is 12.4. The van der Waals surface area contributed by atoms with Crippen LogP contribution < -0.4 is 5.32 Å². The lowest BCUT2D eigenvalue weighted by atomic mass is 9.49. The van der Waals surface area contributed by atoms with Gasteiger partial charge in [-0.3, -0.25) is 4.79 Å². The van der Waals surface area contributed by atoms with Crippen LogP contribution in [0.2, 0.25) is 0 Å². The number of hydrogen-bond donors (Lipinski definition) is 1. The monoisotopic (exact) mass is 409 g/mol. The van der Waals surface area contributed by atoms with Gasteiger partial charge in [0, 0.05) is 24.4 Å². The molecule has 0 aromatic carbocycles. The largest absolute Gasteiger partial charge is 0.301 e. The molecule has 1 aliphatic heterocycles. The predicted molar refractivity (Wildman–Crippen MR) is 105 cm³/mol. The molecule has 4 fully saturated rings. The molecule has 2 heterocycles. The molecule has 27 heavy (non-hydrogen) atoms. The van der Waals surface area contributed by atoms with Crippen molar-refractivity contribution in [2.75, 3.05) is 17.6 Å². The lowest BCUT2D eigenvalue weighted by molar-refractivity contribution is -0.140. The number of rotatable bonds is 4. The molecule has 6 nitrogen and oxygen atoms in total. The minimum absolute atomic E-state index is 0.122. The molecule has 8 heteroatoms. The first kappa shape index (κ1) is 18.1. The van der Waals surface area contributed by atoms with Gasteiger partial charge in [-0.1, -0.05) is 0 Å². The summed E-state index contributed by atoms with van der Waals surface area (Å²) < 4.78 is 25.8. The fourth-order valence-electron chi connectivity index (χ4n) is 6.26. The van der Waals surface area contributed by atoms with Crippen molar-refractivity contribution in [3.8, 4) is 0 Å². The first-order valence-corrected chi connectivity index (χ1v) is 12.6. The van der Waals surface area contributed by atoms with Crippen LogP contribution in [-0.4, -0.2) is 35.9 Å². The van der Waals surface area contributed by atoms with Gasteiger partial charge >= 0.3 is 0 Å². The first-order valence-electron chi connectivity index (χ1n) is 10.1.